The number of rotatable bonds is 5. The lowest BCUT2D eigenvalue weighted by Crippen LogP contribution is -2.41. The summed E-state index contributed by atoms with van der Waals surface area (Å²) in [4.78, 5) is 2.41. The summed E-state index contributed by atoms with van der Waals surface area (Å²) in [6.07, 6.45) is 3.24. The van der Waals surface area contributed by atoms with Crippen LogP contribution in [0.15, 0.2) is 16.7 Å². The van der Waals surface area contributed by atoms with E-state index in [1.807, 2.05) is 13.1 Å². The van der Waals surface area contributed by atoms with Gasteiger partial charge in [0.25, 0.3) is 0 Å². The van der Waals surface area contributed by atoms with Gasteiger partial charge in [0.05, 0.1) is 25.5 Å². The molecule has 4 heteroatoms. The lowest BCUT2D eigenvalue weighted by atomic mass is 10.2. The van der Waals surface area contributed by atoms with E-state index < -0.39 is 0 Å². The number of furan rings is 1. The Morgan fingerprint density at radius 1 is 1.53 bits per heavy atom. The Balaban J connectivity index is 1.93. The predicted octanol–water partition coefficient (Wildman–Crippen LogP) is 1.61. The average Bonchev–Trinajstić information content (AvgIpc) is 2.78. The van der Waals surface area contributed by atoms with Gasteiger partial charge in [0.2, 0.25) is 0 Å². The van der Waals surface area contributed by atoms with Crippen molar-refractivity contribution >= 4 is 0 Å². The number of morpholine rings is 1. The van der Waals surface area contributed by atoms with Gasteiger partial charge in [-0.15, -0.1) is 0 Å². The van der Waals surface area contributed by atoms with Gasteiger partial charge in [0.15, 0.2) is 0 Å². The molecule has 0 aromatic carbocycles. The van der Waals surface area contributed by atoms with Gasteiger partial charge in [-0.05, 0) is 19.5 Å². The minimum Gasteiger partial charge on any atom is -0.468 e. The van der Waals surface area contributed by atoms with Crippen LogP contribution in [0.2, 0.25) is 0 Å². The molecule has 0 spiro atoms. The van der Waals surface area contributed by atoms with E-state index in [2.05, 4.69) is 17.1 Å². The van der Waals surface area contributed by atoms with Crippen molar-refractivity contribution in [3.63, 3.8) is 0 Å². The molecule has 2 rings (SSSR count). The van der Waals surface area contributed by atoms with Crippen molar-refractivity contribution in [1.29, 1.82) is 0 Å². The normalized spacial score (nSPS) is 21.9. The summed E-state index contributed by atoms with van der Waals surface area (Å²) in [5.74, 6) is 1.08. The molecule has 0 amide bonds. The second-order valence-corrected chi connectivity index (χ2v) is 4.54. The second kappa shape index (κ2) is 6.19. The Kier molecular flexibility index (Phi) is 4.59. The van der Waals surface area contributed by atoms with Crippen LogP contribution in [0, 0.1) is 0 Å². The van der Waals surface area contributed by atoms with E-state index >= 15 is 0 Å². The number of nitrogens with one attached hydrogen (secondary N) is 1. The highest BCUT2D eigenvalue weighted by molar-refractivity contribution is 5.16. The van der Waals surface area contributed by atoms with Gasteiger partial charge >= 0.3 is 0 Å². The van der Waals surface area contributed by atoms with Crippen molar-refractivity contribution in [2.24, 2.45) is 0 Å². The van der Waals surface area contributed by atoms with Crippen LogP contribution in [-0.4, -0.2) is 37.7 Å². The molecule has 1 N–H and O–H groups in total. The van der Waals surface area contributed by atoms with Crippen LogP contribution in [-0.2, 0) is 17.8 Å². The molecule has 1 aromatic heterocycles. The van der Waals surface area contributed by atoms with Crippen molar-refractivity contribution in [3.05, 3.63) is 23.7 Å². The molecule has 0 aliphatic carbocycles. The van der Waals surface area contributed by atoms with Crippen molar-refractivity contribution in [1.82, 2.24) is 10.2 Å². The Hall–Kier alpha value is -0.840. The quantitative estimate of drug-likeness (QED) is 0.845. The highest BCUT2D eigenvalue weighted by Crippen LogP contribution is 2.16. The Bertz CT molecular complexity index is 338. The fourth-order valence-electron chi connectivity index (χ4n) is 2.23. The van der Waals surface area contributed by atoms with Gasteiger partial charge < -0.3 is 14.5 Å². The Labute approximate surface area is 103 Å². The topological polar surface area (TPSA) is 37.6 Å². The maximum absolute atomic E-state index is 5.67. The van der Waals surface area contributed by atoms with Crippen LogP contribution < -0.4 is 5.32 Å². The summed E-state index contributed by atoms with van der Waals surface area (Å²) < 4.78 is 11.2. The molecular weight excluding hydrogens is 216 g/mol. The number of hydrogen-bond donors (Lipinski definition) is 1. The average molecular weight is 238 g/mol. The van der Waals surface area contributed by atoms with Crippen molar-refractivity contribution < 1.29 is 9.15 Å². The molecule has 4 nitrogen and oxygen atoms in total. The van der Waals surface area contributed by atoms with Crippen molar-refractivity contribution in [2.75, 3.05) is 26.7 Å². The van der Waals surface area contributed by atoms with Gasteiger partial charge in [0.1, 0.15) is 5.76 Å². The fourth-order valence-corrected chi connectivity index (χ4v) is 2.23. The molecule has 1 saturated heterocycles. The summed E-state index contributed by atoms with van der Waals surface area (Å²) in [5, 5.41) is 3.16. The monoisotopic (exact) mass is 238 g/mol. The van der Waals surface area contributed by atoms with E-state index in [-0.39, 0.29) is 0 Å². The van der Waals surface area contributed by atoms with E-state index in [4.69, 9.17) is 9.15 Å². The lowest BCUT2D eigenvalue weighted by Gasteiger charge is -2.32. The SMILES string of the molecule is CCC1CN(Cc2occc2CNC)CCO1. The molecule has 96 valence electrons. The second-order valence-electron chi connectivity index (χ2n) is 4.54. The highest BCUT2D eigenvalue weighted by atomic mass is 16.5. The molecule has 0 radical (unpaired) electrons. The largest absolute Gasteiger partial charge is 0.468 e. The smallest absolute Gasteiger partial charge is 0.122 e. The van der Waals surface area contributed by atoms with Crippen LogP contribution in [0.3, 0.4) is 0 Å². The number of hydrogen-bond acceptors (Lipinski definition) is 4. The summed E-state index contributed by atoms with van der Waals surface area (Å²) >= 11 is 0. The third-order valence-electron chi connectivity index (χ3n) is 3.25. The van der Waals surface area contributed by atoms with E-state index in [9.17, 15) is 0 Å². The fraction of sp³-hybridized carbons (Fsp3) is 0.692. The Morgan fingerprint density at radius 3 is 3.18 bits per heavy atom. The predicted molar refractivity (Wildman–Crippen MR) is 66.8 cm³/mol. The minimum atomic E-state index is 0.381. The van der Waals surface area contributed by atoms with E-state index in [0.29, 0.717) is 6.10 Å². The standard InChI is InChI=1S/C13H22N2O2/c1-3-12-9-15(5-7-16-12)10-13-11(8-14-2)4-6-17-13/h4,6,12,14H,3,5,7-10H2,1-2H3. The molecule has 17 heavy (non-hydrogen) atoms. The van der Waals surface area contributed by atoms with E-state index in [1.54, 1.807) is 6.26 Å². The summed E-state index contributed by atoms with van der Waals surface area (Å²) in [6.45, 7) is 6.78. The van der Waals surface area contributed by atoms with Gasteiger partial charge in [-0.3, -0.25) is 4.90 Å². The molecule has 0 bridgehead atoms. The van der Waals surface area contributed by atoms with E-state index in [0.717, 1.165) is 45.0 Å². The third-order valence-corrected chi connectivity index (χ3v) is 3.25. The first-order valence-electron chi connectivity index (χ1n) is 6.37. The molecule has 1 atom stereocenters. The zero-order valence-corrected chi connectivity index (χ0v) is 10.7. The van der Waals surface area contributed by atoms with Crippen LogP contribution in [0.4, 0.5) is 0 Å². The first-order chi connectivity index (χ1) is 8.33. The van der Waals surface area contributed by atoms with Crippen LogP contribution in [0.5, 0.6) is 0 Å². The van der Waals surface area contributed by atoms with Crippen LogP contribution >= 0.6 is 0 Å². The van der Waals surface area contributed by atoms with Gasteiger partial charge in [-0.2, -0.15) is 0 Å². The highest BCUT2D eigenvalue weighted by Gasteiger charge is 2.20. The van der Waals surface area contributed by atoms with Gasteiger partial charge in [0, 0.05) is 25.2 Å². The van der Waals surface area contributed by atoms with Gasteiger partial charge in [-0.1, -0.05) is 6.92 Å². The first kappa shape index (κ1) is 12.6. The van der Waals surface area contributed by atoms with Crippen LogP contribution in [0.1, 0.15) is 24.7 Å². The molecule has 2 heterocycles. The third kappa shape index (κ3) is 3.31. The molecule has 1 unspecified atom stereocenters. The van der Waals surface area contributed by atoms with E-state index in [1.165, 1.54) is 5.56 Å². The maximum Gasteiger partial charge on any atom is 0.122 e. The Morgan fingerprint density at radius 2 is 2.41 bits per heavy atom. The van der Waals surface area contributed by atoms with Gasteiger partial charge in [-0.25, -0.2) is 0 Å². The summed E-state index contributed by atoms with van der Waals surface area (Å²) in [5.41, 5.74) is 1.26. The molecule has 1 aromatic rings. The van der Waals surface area contributed by atoms with Crippen LogP contribution in [0.25, 0.3) is 0 Å². The lowest BCUT2D eigenvalue weighted by molar-refractivity contribution is -0.0342. The summed E-state index contributed by atoms with van der Waals surface area (Å²) in [7, 11) is 1.96. The van der Waals surface area contributed by atoms with Crippen molar-refractivity contribution in [3.8, 4) is 0 Å². The zero-order valence-electron chi connectivity index (χ0n) is 10.7. The minimum absolute atomic E-state index is 0.381. The van der Waals surface area contributed by atoms with Crippen molar-refractivity contribution in [2.45, 2.75) is 32.5 Å². The first-order valence-corrected chi connectivity index (χ1v) is 6.37. The maximum atomic E-state index is 5.67. The number of ether oxygens (including phenoxy) is 1. The molecular formula is C13H22N2O2. The molecule has 1 aliphatic heterocycles. The molecule has 1 aliphatic rings. The number of nitrogens with zero attached hydrogens (tertiary/aromatic N) is 1. The molecule has 0 saturated carbocycles. The zero-order chi connectivity index (χ0) is 12.1. The summed E-state index contributed by atoms with van der Waals surface area (Å²) in [6, 6.07) is 2.05. The molecule has 1 fully saturated rings.